The van der Waals surface area contributed by atoms with Gasteiger partial charge in [0.05, 0.1) is 6.26 Å². The van der Waals surface area contributed by atoms with Crippen LogP contribution in [-0.4, -0.2) is 11.9 Å². The molecule has 0 saturated heterocycles. The monoisotopic (exact) mass is 247 g/mol. The van der Waals surface area contributed by atoms with E-state index in [1.54, 1.807) is 18.4 Å². The van der Waals surface area contributed by atoms with E-state index in [4.69, 9.17) is 4.42 Å². The summed E-state index contributed by atoms with van der Waals surface area (Å²) < 4.78 is 5.16. The lowest BCUT2D eigenvalue weighted by atomic mass is 9.69. The number of carbonyl (C=O) groups excluding carboxylic acids is 1. The van der Waals surface area contributed by atoms with Gasteiger partial charge in [0.15, 0.2) is 5.76 Å². The van der Waals surface area contributed by atoms with Crippen LogP contribution >= 0.6 is 0 Å². The average molecular weight is 247 g/mol. The lowest BCUT2D eigenvalue weighted by Gasteiger charge is -2.39. The third-order valence-electron chi connectivity index (χ3n) is 5.84. The molecule has 2 aliphatic rings. The molecule has 3 heteroatoms. The van der Waals surface area contributed by atoms with E-state index in [0.29, 0.717) is 11.2 Å². The zero-order valence-corrected chi connectivity index (χ0v) is 11.3. The first kappa shape index (κ1) is 11.8. The molecule has 0 spiro atoms. The summed E-state index contributed by atoms with van der Waals surface area (Å²) in [5.74, 6) is 1.08. The van der Waals surface area contributed by atoms with Crippen molar-refractivity contribution in [3.63, 3.8) is 0 Å². The molecule has 2 saturated carbocycles. The number of furan rings is 1. The summed E-state index contributed by atoms with van der Waals surface area (Å²) in [5, 5.41) is 3.18. The van der Waals surface area contributed by atoms with Crippen molar-refractivity contribution in [2.45, 2.75) is 46.1 Å². The van der Waals surface area contributed by atoms with Crippen LogP contribution in [0.2, 0.25) is 0 Å². The highest BCUT2D eigenvalue weighted by Crippen LogP contribution is 2.65. The number of carbonyl (C=O) groups is 1. The fraction of sp³-hybridized carbons (Fsp3) is 0.667. The number of nitrogens with one attached hydrogen (secondary N) is 1. The van der Waals surface area contributed by atoms with Crippen LogP contribution in [0.25, 0.3) is 0 Å². The number of hydrogen-bond acceptors (Lipinski definition) is 2. The van der Waals surface area contributed by atoms with Gasteiger partial charge in [-0.2, -0.15) is 0 Å². The molecule has 0 aliphatic heterocycles. The van der Waals surface area contributed by atoms with Gasteiger partial charge in [-0.3, -0.25) is 4.79 Å². The van der Waals surface area contributed by atoms with Crippen LogP contribution in [0.4, 0.5) is 0 Å². The molecule has 0 unspecified atom stereocenters. The molecular weight excluding hydrogens is 226 g/mol. The lowest BCUT2D eigenvalue weighted by Crippen LogP contribution is -2.46. The van der Waals surface area contributed by atoms with Crippen molar-refractivity contribution in [3.8, 4) is 0 Å². The molecule has 2 fully saturated rings. The third-order valence-corrected chi connectivity index (χ3v) is 5.84. The van der Waals surface area contributed by atoms with E-state index >= 15 is 0 Å². The van der Waals surface area contributed by atoms with Crippen LogP contribution in [0.3, 0.4) is 0 Å². The molecule has 1 amide bonds. The molecule has 1 aromatic rings. The Kier molecular flexibility index (Phi) is 2.38. The normalized spacial score (nSPS) is 36.8. The second kappa shape index (κ2) is 3.62. The Morgan fingerprint density at radius 3 is 2.72 bits per heavy atom. The molecule has 1 heterocycles. The highest BCUT2D eigenvalue weighted by molar-refractivity contribution is 5.91. The minimum absolute atomic E-state index is 0.0745. The summed E-state index contributed by atoms with van der Waals surface area (Å²) in [6, 6.07) is 3.75. The van der Waals surface area contributed by atoms with Gasteiger partial charge < -0.3 is 9.73 Å². The minimum atomic E-state index is -0.0745. The molecular formula is C15H21NO2. The van der Waals surface area contributed by atoms with Crippen LogP contribution in [-0.2, 0) is 0 Å². The van der Waals surface area contributed by atoms with Crippen LogP contribution in [0.1, 0.15) is 50.6 Å². The zero-order chi connectivity index (χ0) is 13.0. The topological polar surface area (TPSA) is 42.2 Å². The van der Waals surface area contributed by atoms with Gasteiger partial charge in [0.1, 0.15) is 0 Å². The Morgan fingerprint density at radius 1 is 1.44 bits per heavy atom. The van der Waals surface area contributed by atoms with Crippen LogP contribution in [0, 0.1) is 16.7 Å². The minimum Gasteiger partial charge on any atom is -0.459 e. The first-order valence-corrected chi connectivity index (χ1v) is 6.79. The van der Waals surface area contributed by atoms with E-state index in [2.05, 4.69) is 26.1 Å². The highest BCUT2D eigenvalue weighted by atomic mass is 16.3. The molecule has 3 rings (SSSR count). The van der Waals surface area contributed by atoms with Gasteiger partial charge in [-0.25, -0.2) is 0 Å². The van der Waals surface area contributed by atoms with Gasteiger partial charge in [-0.1, -0.05) is 20.8 Å². The Hall–Kier alpha value is -1.25. The van der Waals surface area contributed by atoms with E-state index in [1.807, 2.05) is 0 Å². The predicted molar refractivity (Wildman–Crippen MR) is 69.2 cm³/mol. The quantitative estimate of drug-likeness (QED) is 0.871. The first-order valence-electron chi connectivity index (χ1n) is 6.79. The fourth-order valence-corrected chi connectivity index (χ4v) is 4.06. The van der Waals surface area contributed by atoms with Crippen molar-refractivity contribution in [3.05, 3.63) is 24.2 Å². The summed E-state index contributed by atoms with van der Waals surface area (Å²) >= 11 is 0. The standard InChI is InChI=1S/C15H21NO2/c1-14(2)10-6-7-15(14,3)12(9-10)16-13(17)11-5-4-8-18-11/h4-5,8,10,12H,6-7,9H2,1-3H3,(H,16,17)/t10-,12-,15+/m1/s1. The van der Waals surface area contributed by atoms with Crippen LogP contribution < -0.4 is 5.32 Å². The molecule has 2 aliphatic carbocycles. The smallest absolute Gasteiger partial charge is 0.287 e. The highest BCUT2D eigenvalue weighted by Gasteiger charge is 2.61. The molecule has 3 atom stereocenters. The number of hydrogen-bond donors (Lipinski definition) is 1. The number of amides is 1. The van der Waals surface area contributed by atoms with Gasteiger partial charge in [0.25, 0.3) is 5.91 Å². The molecule has 2 bridgehead atoms. The van der Waals surface area contributed by atoms with E-state index in [1.165, 1.54) is 12.8 Å². The Bertz CT molecular complexity index is 463. The van der Waals surface area contributed by atoms with Crippen molar-refractivity contribution in [1.29, 1.82) is 0 Å². The second-order valence-corrected chi connectivity index (χ2v) is 6.61. The average Bonchev–Trinajstić information content (AvgIpc) is 2.95. The van der Waals surface area contributed by atoms with Crippen molar-refractivity contribution in [2.24, 2.45) is 16.7 Å². The molecule has 1 aromatic heterocycles. The van der Waals surface area contributed by atoms with Gasteiger partial charge in [-0.15, -0.1) is 0 Å². The molecule has 0 aromatic carbocycles. The lowest BCUT2D eigenvalue weighted by molar-refractivity contribution is 0.0801. The molecule has 18 heavy (non-hydrogen) atoms. The first-order chi connectivity index (χ1) is 8.45. The summed E-state index contributed by atoms with van der Waals surface area (Å²) in [4.78, 5) is 12.1. The summed E-state index contributed by atoms with van der Waals surface area (Å²) in [6.45, 7) is 7.03. The van der Waals surface area contributed by atoms with Crippen molar-refractivity contribution < 1.29 is 9.21 Å². The second-order valence-electron chi connectivity index (χ2n) is 6.61. The largest absolute Gasteiger partial charge is 0.459 e. The summed E-state index contributed by atoms with van der Waals surface area (Å²) in [5.41, 5.74) is 0.550. The van der Waals surface area contributed by atoms with Crippen molar-refractivity contribution in [1.82, 2.24) is 5.32 Å². The molecule has 1 N–H and O–H groups in total. The van der Waals surface area contributed by atoms with Gasteiger partial charge in [0, 0.05) is 6.04 Å². The number of fused-ring (bicyclic) bond motifs is 2. The molecule has 0 radical (unpaired) electrons. The van der Waals surface area contributed by atoms with Gasteiger partial charge >= 0.3 is 0 Å². The SMILES string of the molecule is CC1(C)[C@@H]2CC[C@@]1(C)[C@H](NC(=O)c1ccco1)C2. The zero-order valence-electron chi connectivity index (χ0n) is 11.3. The van der Waals surface area contributed by atoms with Crippen molar-refractivity contribution >= 4 is 5.91 Å². The van der Waals surface area contributed by atoms with E-state index in [0.717, 1.165) is 12.3 Å². The Morgan fingerprint density at radius 2 is 2.22 bits per heavy atom. The van der Waals surface area contributed by atoms with Crippen LogP contribution in [0.15, 0.2) is 22.8 Å². The summed E-state index contributed by atoms with van der Waals surface area (Å²) in [6.07, 6.45) is 5.17. The third kappa shape index (κ3) is 1.39. The fourth-order valence-electron chi connectivity index (χ4n) is 4.06. The van der Waals surface area contributed by atoms with E-state index in [9.17, 15) is 4.79 Å². The molecule has 98 valence electrons. The maximum Gasteiger partial charge on any atom is 0.287 e. The number of rotatable bonds is 2. The Balaban J connectivity index is 1.78. The van der Waals surface area contributed by atoms with Gasteiger partial charge in [0.2, 0.25) is 0 Å². The van der Waals surface area contributed by atoms with Gasteiger partial charge in [-0.05, 0) is 48.1 Å². The van der Waals surface area contributed by atoms with E-state index in [-0.39, 0.29) is 17.4 Å². The van der Waals surface area contributed by atoms with Crippen molar-refractivity contribution in [2.75, 3.05) is 0 Å². The maximum absolute atomic E-state index is 12.1. The Labute approximate surface area is 108 Å². The summed E-state index contributed by atoms with van der Waals surface area (Å²) in [7, 11) is 0. The molecule has 3 nitrogen and oxygen atoms in total. The maximum atomic E-state index is 12.1. The van der Waals surface area contributed by atoms with E-state index < -0.39 is 0 Å². The predicted octanol–water partition coefficient (Wildman–Crippen LogP) is 3.22. The van der Waals surface area contributed by atoms with Crippen LogP contribution in [0.5, 0.6) is 0 Å².